The van der Waals surface area contributed by atoms with Crippen LogP contribution in [0.2, 0.25) is 0 Å². The Morgan fingerprint density at radius 1 is 1.42 bits per heavy atom. The average Bonchev–Trinajstić information content (AvgIpc) is 2.52. The minimum atomic E-state index is -1.38. The Hall–Kier alpha value is -2.71. The number of ether oxygens (including phenoxy) is 1. The number of nitro groups is 1. The Morgan fingerprint density at radius 3 is 2.50 bits per heavy atom. The molecule has 0 saturated heterocycles. The van der Waals surface area contributed by atoms with Crippen molar-refractivity contribution in [2.45, 2.75) is 59.1 Å². The van der Waals surface area contributed by atoms with Gasteiger partial charge in [-0.1, -0.05) is 20.3 Å². The Bertz CT molecular complexity index is 684. The van der Waals surface area contributed by atoms with Gasteiger partial charge in [-0.25, -0.2) is 14.6 Å². The summed E-state index contributed by atoms with van der Waals surface area (Å²) in [7, 11) is 0. The molecule has 9 heteroatoms. The highest BCUT2D eigenvalue weighted by Crippen LogP contribution is 2.23. The maximum atomic E-state index is 12.5. The van der Waals surface area contributed by atoms with Crippen LogP contribution in [-0.4, -0.2) is 38.6 Å². The highest BCUT2D eigenvalue weighted by atomic mass is 16.6. The normalized spacial score (nSPS) is 13.6. The molecule has 0 fully saturated rings. The van der Waals surface area contributed by atoms with Crippen LogP contribution in [0.25, 0.3) is 0 Å². The fourth-order valence-corrected chi connectivity index (χ4v) is 2.15. The molecule has 1 aromatic rings. The molecule has 0 aromatic carbocycles. The molecule has 0 aliphatic rings. The standard InChI is InChI=1S/C17H25N3O6/c1-6-10(2)7-13(16(23)26-17(3,4)5)19-14-12(15(21)22)8-11(9-18-14)20(24)25/h8-10,13H,6-7H2,1-5H3,(H,18,19)(H,21,22)/t10-,13-/m0/s1. The van der Waals surface area contributed by atoms with Crippen LogP contribution in [0.15, 0.2) is 12.3 Å². The number of carboxylic acid groups (broad SMARTS) is 1. The number of aromatic nitrogens is 1. The number of nitrogens with one attached hydrogen (secondary N) is 1. The molecule has 0 aliphatic heterocycles. The molecule has 0 saturated carbocycles. The van der Waals surface area contributed by atoms with Gasteiger partial charge in [0.15, 0.2) is 0 Å². The van der Waals surface area contributed by atoms with Crippen LogP contribution < -0.4 is 5.32 Å². The summed E-state index contributed by atoms with van der Waals surface area (Å²) in [6.07, 6.45) is 2.17. The minimum Gasteiger partial charge on any atom is -0.478 e. The van der Waals surface area contributed by atoms with Crippen molar-refractivity contribution in [1.29, 1.82) is 0 Å². The van der Waals surface area contributed by atoms with Gasteiger partial charge < -0.3 is 15.2 Å². The van der Waals surface area contributed by atoms with E-state index in [4.69, 9.17) is 4.74 Å². The van der Waals surface area contributed by atoms with E-state index >= 15 is 0 Å². The molecule has 0 aliphatic carbocycles. The monoisotopic (exact) mass is 367 g/mol. The molecule has 0 radical (unpaired) electrons. The summed E-state index contributed by atoms with van der Waals surface area (Å²) in [6.45, 7) is 9.14. The summed E-state index contributed by atoms with van der Waals surface area (Å²) >= 11 is 0. The summed E-state index contributed by atoms with van der Waals surface area (Å²) < 4.78 is 5.39. The average molecular weight is 367 g/mol. The van der Waals surface area contributed by atoms with Crippen molar-refractivity contribution in [3.63, 3.8) is 0 Å². The quantitative estimate of drug-likeness (QED) is 0.406. The Morgan fingerprint density at radius 2 is 2.04 bits per heavy atom. The second-order valence-corrected chi connectivity index (χ2v) is 7.13. The number of nitrogens with zero attached hydrogens (tertiary/aromatic N) is 2. The second kappa shape index (κ2) is 8.59. The first-order valence-corrected chi connectivity index (χ1v) is 8.31. The molecule has 2 N–H and O–H groups in total. The molecule has 1 rings (SSSR count). The van der Waals surface area contributed by atoms with Gasteiger partial charge in [0.05, 0.1) is 4.92 Å². The van der Waals surface area contributed by atoms with Gasteiger partial charge >= 0.3 is 11.9 Å². The van der Waals surface area contributed by atoms with Crippen LogP contribution in [0.3, 0.4) is 0 Å². The number of rotatable bonds is 8. The summed E-state index contributed by atoms with van der Waals surface area (Å²) in [5.74, 6) is -1.85. The van der Waals surface area contributed by atoms with E-state index < -0.39 is 34.2 Å². The number of pyridine rings is 1. The maximum absolute atomic E-state index is 12.5. The van der Waals surface area contributed by atoms with Gasteiger partial charge in [0.1, 0.15) is 29.2 Å². The fourth-order valence-electron chi connectivity index (χ4n) is 2.15. The van der Waals surface area contributed by atoms with Crippen molar-refractivity contribution in [2.75, 3.05) is 5.32 Å². The number of anilines is 1. The second-order valence-electron chi connectivity index (χ2n) is 7.13. The summed E-state index contributed by atoms with van der Waals surface area (Å²) in [5.41, 5.74) is -1.52. The number of hydrogen-bond acceptors (Lipinski definition) is 7. The molecule has 0 spiro atoms. The maximum Gasteiger partial charge on any atom is 0.339 e. The first-order chi connectivity index (χ1) is 11.9. The van der Waals surface area contributed by atoms with Gasteiger partial charge in [-0.05, 0) is 33.1 Å². The largest absolute Gasteiger partial charge is 0.478 e. The first kappa shape index (κ1) is 21.3. The zero-order chi connectivity index (χ0) is 20.1. The van der Waals surface area contributed by atoms with Crippen molar-refractivity contribution in [1.82, 2.24) is 4.98 Å². The van der Waals surface area contributed by atoms with Gasteiger partial charge in [0, 0.05) is 6.07 Å². The van der Waals surface area contributed by atoms with Crippen molar-refractivity contribution in [2.24, 2.45) is 5.92 Å². The highest BCUT2D eigenvalue weighted by molar-refractivity contribution is 5.94. The van der Waals surface area contributed by atoms with E-state index in [0.29, 0.717) is 6.42 Å². The smallest absolute Gasteiger partial charge is 0.339 e. The molecule has 1 aromatic heterocycles. The van der Waals surface area contributed by atoms with E-state index in [0.717, 1.165) is 18.7 Å². The molecule has 144 valence electrons. The molecule has 1 heterocycles. The van der Waals surface area contributed by atoms with Crippen LogP contribution in [-0.2, 0) is 9.53 Å². The molecule has 2 atom stereocenters. The van der Waals surface area contributed by atoms with Crippen LogP contribution in [0, 0.1) is 16.0 Å². The van der Waals surface area contributed by atoms with Gasteiger partial charge in [0.2, 0.25) is 0 Å². The summed E-state index contributed by atoms with van der Waals surface area (Å²) in [6, 6.07) is 0.0869. The van der Waals surface area contributed by atoms with Gasteiger partial charge in [-0.3, -0.25) is 10.1 Å². The lowest BCUT2D eigenvalue weighted by atomic mass is 9.99. The van der Waals surface area contributed by atoms with Crippen LogP contribution in [0.4, 0.5) is 11.5 Å². The van der Waals surface area contributed by atoms with Gasteiger partial charge in [-0.2, -0.15) is 0 Å². The lowest BCUT2D eigenvalue weighted by molar-refractivity contribution is -0.385. The van der Waals surface area contributed by atoms with Crippen molar-refractivity contribution < 1.29 is 24.4 Å². The van der Waals surface area contributed by atoms with E-state index in [1.807, 2.05) is 13.8 Å². The Balaban J connectivity index is 3.19. The highest BCUT2D eigenvalue weighted by Gasteiger charge is 2.28. The van der Waals surface area contributed by atoms with Crippen molar-refractivity contribution in [3.05, 3.63) is 27.9 Å². The number of carbonyl (C=O) groups excluding carboxylic acids is 1. The van der Waals surface area contributed by atoms with E-state index in [1.54, 1.807) is 20.8 Å². The SMILES string of the molecule is CC[C@H](C)C[C@H](Nc1ncc([N+](=O)[O-])cc1C(=O)O)C(=O)OC(C)(C)C. The summed E-state index contributed by atoms with van der Waals surface area (Å²) in [5, 5.41) is 22.9. The van der Waals surface area contributed by atoms with E-state index in [-0.39, 0.29) is 17.3 Å². The number of hydrogen-bond donors (Lipinski definition) is 2. The van der Waals surface area contributed by atoms with E-state index in [1.165, 1.54) is 0 Å². The molecular formula is C17H25N3O6. The molecule has 26 heavy (non-hydrogen) atoms. The third kappa shape index (κ3) is 6.30. The predicted molar refractivity (Wildman–Crippen MR) is 95.2 cm³/mol. The minimum absolute atomic E-state index is 0.109. The molecule has 0 unspecified atom stereocenters. The topological polar surface area (TPSA) is 132 Å². The van der Waals surface area contributed by atoms with Crippen molar-refractivity contribution >= 4 is 23.4 Å². The van der Waals surface area contributed by atoms with E-state index in [2.05, 4.69) is 10.3 Å². The zero-order valence-corrected chi connectivity index (χ0v) is 15.6. The van der Waals surface area contributed by atoms with Gasteiger partial charge in [-0.15, -0.1) is 0 Å². The number of aromatic carboxylic acids is 1. The predicted octanol–water partition coefficient (Wildman–Crippen LogP) is 3.25. The lowest BCUT2D eigenvalue weighted by Gasteiger charge is -2.26. The Kier molecular flexibility index (Phi) is 7.05. The fraction of sp³-hybridized carbons (Fsp3) is 0.588. The van der Waals surface area contributed by atoms with Crippen LogP contribution >= 0.6 is 0 Å². The molecule has 0 amide bonds. The van der Waals surface area contributed by atoms with Gasteiger partial charge in [0.25, 0.3) is 5.69 Å². The molecule has 9 nitrogen and oxygen atoms in total. The summed E-state index contributed by atoms with van der Waals surface area (Å²) in [4.78, 5) is 37.9. The first-order valence-electron chi connectivity index (χ1n) is 8.31. The third-order valence-corrected chi connectivity index (χ3v) is 3.65. The zero-order valence-electron chi connectivity index (χ0n) is 15.6. The Labute approximate surface area is 151 Å². The number of carboxylic acids is 1. The van der Waals surface area contributed by atoms with Crippen molar-refractivity contribution in [3.8, 4) is 0 Å². The number of carbonyl (C=O) groups is 2. The third-order valence-electron chi connectivity index (χ3n) is 3.65. The van der Waals surface area contributed by atoms with Crippen LogP contribution in [0.5, 0.6) is 0 Å². The van der Waals surface area contributed by atoms with E-state index in [9.17, 15) is 24.8 Å². The van der Waals surface area contributed by atoms with Crippen LogP contribution in [0.1, 0.15) is 57.8 Å². The number of esters is 1. The molecular weight excluding hydrogens is 342 g/mol. The molecule has 0 bridgehead atoms. The lowest BCUT2D eigenvalue weighted by Crippen LogP contribution is -2.38.